The standard InChI is InChI=1S/C24H24ClN5O3S/c25-20-13-18(1-2-21(20)33-16-17-3-5-26-6-4-17)23(31)30-14-19(15-30)28-8-10-29(11-9-28)24(32)22-27-7-12-34-22/h1-7,12-13,19H,8-11,14-16H2. The third-order valence-corrected chi connectivity index (χ3v) is 7.26. The lowest BCUT2D eigenvalue weighted by molar-refractivity contribution is 0.00853. The first-order valence-corrected chi connectivity index (χ1v) is 12.4. The number of hydrogen-bond donors (Lipinski definition) is 0. The Hall–Kier alpha value is -3.01. The van der Waals surface area contributed by atoms with Crippen molar-refractivity contribution in [3.8, 4) is 5.75 Å². The van der Waals surface area contributed by atoms with Gasteiger partial charge in [0, 0.05) is 74.8 Å². The molecule has 5 rings (SSSR count). The van der Waals surface area contributed by atoms with E-state index >= 15 is 0 Å². The smallest absolute Gasteiger partial charge is 0.282 e. The van der Waals surface area contributed by atoms with Gasteiger partial charge in [0.15, 0.2) is 5.01 Å². The Morgan fingerprint density at radius 2 is 1.76 bits per heavy atom. The Balaban J connectivity index is 1.10. The fourth-order valence-corrected chi connectivity index (χ4v) is 5.02. The number of pyridine rings is 1. The summed E-state index contributed by atoms with van der Waals surface area (Å²) in [5, 5.41) is 2.78. The number of ether oxygens (including phenoxy) is 1. The molecule has 0 spiro atoms. The molecule has 1 aromatic carbocycles. The zero-order valence-corrected chi connectivity index (χ0v) is 20.0. The van der Waals surface area contributed by atoms with Crippen molar-refractivity contribution >= 4 is 34.8 Å². The topological polar surface area (TPSA) is 78.9 Å². The van der Waals surface area contributed by atoms with E-state index in [1.165, 1.54) is 11.3 Å². The van der Waals surface area contributed by atoms with Gasteiger partial charge in [-0.15, -0.1) is 11.3 Å². The second kappa shape index (κ2) is 10.1. The third-order valence-electron chi connectivity index (χ3n) is 6.21. The molecule has 10 heteroatoms. The Morgan fingerprint density at radius 1 is 1.00 bits per heavy atom. The van der Waals surface area contributed by atoms with Gasteiger partial charge >= 0.3 is 0 Å². The Bertz CT molecular complexity index is 1150. The van der Waals surface area contributed by atoms with Crippen LogP contribution in [-0.2, 0) is 6.61 Å². The van der Waals surface area contributed by atoms with Crippen LogP contribution in [0.15, 0.2) is 54.3 Å². The number of likely N-dealkylation sites (tertiary alicyclic amines) is 1. The number of nitrogens with zero attached hydrogens (tertiary/aromatic N) is 5. The number of carbonyl (C=O) groups is 2. The number of piperazine rings is 1. The SMILES string of the molecule is O=C(c1ccc(OCc2ccncc2)c(Cl)c1)N1CC(N2CCN(C(=O)c3nccs3)CC2)C1. The molecule has 2 aromatic heterocycles. The Labute approximate surface area is 206 Å². The van der Waals surface area contributed by atoms with E-state index < -0.39 is 0 Å². The predicted molar refractivity (Wildman–Crippen MR) is 129 cm³/mol. The Morgan fingerprint density at radius 3 is 2.44 bits per heavy atom. The van der Waals surface area contributed by atoms with Gasteiger partial charge < -0.3 is 14.5 Å². The van der Waals surface area contributed by atoms with Gasteiger partial charge in [-0.25, -0.2) is 4.98 Å². The molecule has 2 amide bonds. The van der Waals surface area contributed by atoms with Gasteiger partial charge in [0.1, 0.15) is 12.4 Å². The summed E-state index contributed by atoms with van der Waals surface area (Å²) in [7, 11) is 0. The second-order valence-corrected chi connectivity index (χ2v) is 9.62. The van der Waals surface area contributed by atoms with Crippen LogP contribution in [0.2, 0.25) is 5.02 Å². The van der Waals surface area contributed by atoms with Gasteiger partial charge in [0.05, 0.1) is 5.02 Å². The first kappa shape index (κ1) is 22.8. The van der Waals surface area contributed by atoms with Crippen LogP contribution in [0.5, 0.6) is 5.75 Å². The summed E-state index contributed by atoms with van der Waals surface area (Å²) >= 11 is 7.75. The van der Waals surface area contributed by atoms with Gasteiger partial charge in [-0.3, -0.25) is 19.5 Å². The maximum Gasteiger partial charge on any atom is 0.282 e. The van der Waals surface area contributed by atoms with Crippen molar-refractivity contribution in [1.82, 2.24) is 24.7 Å². The summed E-state index contributed by atoms with van der Waals surface area (Å²) in [4.78, 5) is 39.5. The molecule has 34 heavy (non-hydrogen) atoms. The maximum absolute atomic E-state index is 12.9. The summed E-state index contributed by atoms with van der Waals surface area (Å²) in [5.74, 6) is 0.517. The molecule has 176 valence electrons. The molecule has 0 aliphatic carbocycles. The van der Waals surface area contributed by atoms with Crippen molar-refractivity contribution in [1.29, 1.82) is 0 Å². The molecule has 0 atom stereocenters. The predicted octanol–water partition coefficient (Wildman–Crippen LogP) is 3.05. The summed E-state index contributed by atoms with van der Waals surface area (Å²) < 4.78 is 5.78. The molecule has 2 aliphatic rings. The van der Waals surface area contributed by atoms with Crippen LogP contribution < -0.4 is 4.74 Å². The van der Waals surface area contributed by atoms with E-state index in [2.05, 4.69) is 14.9 Å². The van der Waals surface area contributed by atoms with Gasteiger partial charge in [-0.2, -0.15) is 0 Å². The molecular formula is C24H24ClN5O3S. The number of amides is 2. The lowest BCUT2D eigenvalue weighted by atomic mass is 10.0. The highest BCUT2D eigenvalue weighted by Gasteiger charge is 2.37. The van der Waals surface area contributed by atoms with Crippen LogP contribution in [0.4, 0.5) is 0 Å². The summed E-state index contributed by atoms with van der Waals surface area (Å²) in [6.07, 6.45) is 5.08. The molecule has 0 radical (unpaired) electrons. The molecule has 0 N–H and O–H groups in total. The van der Waals surface area contributed by atoms with Gasteiger partial charge in [0.25, 0.3) is 11.8 Å². The van der Waals surface area contributed by atoms with Crippen molar-refractivity contribution in [2.75, 3.05) is 39.3 Å². The van der Waals surface area contributed by atoms with E-state index in [0.29, 0.717) is 60.2 Å². The molecule has 4 heterocycles. The van der Waals surface area contributed by atoms with E-state index in [1.807, 2.05) is 27.3 Å². The minimum Gasteiger partial charge on any atom is -0.487 e. The number of benzene rings is 1. The minimum absolute atomic E-state index is 0.00476. The second-order valence-electron chi connectivity index (χ2n) is 8.32. The van der Waals surface area contributed by atoms with E-state index in [1.54, 1.807) is 36.8 Å². The Kier molecular flexibility index (Phi) is 6.75. The zero-order valence-electron chi connectivity index (χ0n) is 18.5. The van der Waals surface area contributed by atoms with Gasteiger partial charge in [-0.05, 0) is 35.9 Å². The average molecular weight is 498 g/mol. The van der Waals surface area contributed by atoms with Crippen LogP contribution in [0.25, 0.3) is 0 Å². The first-order valence-electron chi connectivity index (χ1n) is 11.1. The molecule has 8 nitrogen and oxygen atoms in total. The van der Waals surface area contributed by atoms with Crippen molar-refractivity contribution in [2.45, 2.75) is 12.6 Å². The molecule has 0 unspecified atom stereocenters. The van der Waals surface area contributed by atoms with Gasteiger partial charge in [-0.1, -0.05) is 11.6 Å². The van der Waals surface area contributed by atoms with E-state index in [9.17, 15) is 9.59 Å². The summed E-state index contributed by atoms with van der Waals surface area (Å²) in [5.41, 5.74) is 1.55. The number of rotatable bonds is 6. The van der Waals surface area contributed by atoms with Crippen LogP contribution in [0, 0.1) is 0 Å². The van der Waals surface area contributed by atoms with E-state index in [-0.39, 0.29) is 11.8 Å². The monoisotopic (exact) mass is 497 g/mol. The molecule has 2 saturated heterocycles. The quantitative estimate of drug-likeness (QED) is 0.521. The lowest BCUT2D eigenvalue weighted by Gasteiger charge is -2.48. The number of hydrogen-bond acceptors (Lipinski definition) is 7. The fourth-order valence-electron chi connectivity index (χ4n) is 4.18. The summed E-state index contributed by atoms with van der Waals surface area (Å²) in [6, 6.07) is 9.25. The van der Waals surface area contributed by atoms with E-state index in [0.717, 1.165) is 18.7 Å². The molecule has 3 aromatic rings. The van der Waals surface area contributed by atoms with Crippen molar-refractivity contribution in [2.24, 2.45) is 0 Å². The first-order chi connectivity index (χ1) is 16.6. The van der Waals surface area contributed by atoms with Crippen molar-refractivity contribution in [3.63, 3.8) is 0 Å². The zero-order chi connectivity index (χ0) is 23.5. The maximum atomic E-state index is 12.9. The summed E-state index contributed by atoms with van der Waals surface area (Å²) in [6.45, 7) is 4.71. The van der Waals surface area contributed by atoms with Crippen molar-refractivity contribution < 1.29 is 14.3 Å². The highest BCUT2D eigenvalue weighted by Crippen LogP contribution is 2.28. The van der Waals surface area contributed by atoms with Crippen LogP contribution in [0.1, 0.15) is 25.7 Å². The average Bonchev–Trinajstić information content (AvgIpc) is 3.38. The lowest BCUT2D eigenvalue weighted by Crippen LogP contribution is -2.64. The fraction of sp³-hybridized carbons (Fsp3) is 0.333. The number of carbonyl (C=O) groups excluding carboxylic acids is 2. The third kappa shape index (κ3) is 4.91. The minimum atomic E-state index is -0.0311. The normalized spacial score (nSPS) is 16.9. The molecule has 0 saturated carbocycles. The van der Waals surface area contributed by atoms with Crippen LogP contribution >= 0.6 is 22.9 Å². The number of aromatic nitrogens is 2. The largest absolute Gasteiger partial charge is 0.487 e. The number of halogens is 1. The molecule has 2 fully saturated rings. The van der Waals surface area contributed by atoms with Crippen LogP contribution in [0.3, 0.4) is 0 Å². The van der Waals surface area contributed by atoms with E-state index in [4.69, 9.17) is 16.3 Å². The molecule has 2 aliphatic heterocycles. The molecular weight excluding hydrogens is 474 g/mol. The van der Waals surface area contributed by atoms with Crippen molar-refractivity contribution in [3.05, 3.63) is 75.5 Å². The molecule has 0 bridgehead atoms. The number of thiazole rings is 1. The van der Waals surface area contributed by atoms with Gasteiger partial charge in [0.2, 0.25) is 0 Å². The highest BCUT2D eigenvalue weighted by molar-refractivity contribution is 7.11. The highest BCUT2D eigenvalue weighted by atomic mass is 35.5. The van der Waals surface area contributed by atoms with Crippen LogP contribution in [-0.4, -0.2) is 81.8 Å².